The number of methoxy groups -OCH3 is 1. The summed E-state index contributed by atoms with van der Waals surface area (Å²) in [5.41, 5.74) is 1.51. The van der Waals surface area contributed by atoms with Crippen molar-refractivity contribution >= 4 is 5.78 Å². The summed E-state index contributed by atoms with van der Waals surface area (Å²) in [6, 6.07) is 8.70. The van der Waals surface area contributed by atoms with E-state index >= 15 is 0 Å². The molecule has 16 heavy (non-hydrogen) atoms. The number of carbonyl (C=O) groups is 1. The van der Waals surface area contributed by atoms with E-state index in [9.17, 15) is 4.79 Å². The summed E-state index contributed by atoms with van der Waals surface area (Å²) in [5.74, 6) is 0.993. The van der Waals surface area contributed by atoms with Gasteiger partial charge in [0.1, 0.15) is 5.75 Å². The largest absolute Gasteiger partial charge is 0.497 e. The number of ether oxygens (including phenoxy) is 1. The van der Waals surface area contributed by atoms with Crippen molar-refractivity contribution in [1.82, 2.24) is 0 Å². The van der Waals surface area contributed by atoms with E-state index in [1.54, 1.807) is 31.4 Å². The van der Waals surface area contributed by atoms with E-state index in [2.05, 4.69) is 0 Å². The standard InChI is InChI=1S/C13H12O3/c1-9-8-10(15-2)5-6-11(9)13(14)12-4-3-7-16-12/h3-8H,1-2H3. The Kier molecular flexibility index (Phi) is 2.77. The first-order valence-corrected chi connectivity index (χ1v) is 4.95. The van der Waals surface area contributed by atoms with Crippen LogP contribution in [-0.2, 0) is 0 Å². The molecule has 0 aliphatic rings. The van der Waals surface area contributed by atoms with Gasteiger partial charge in [-0.15, -0.1) is 0 Å². The first kappa shape index (κ1) is 10.5. The van der Waals surface area contributed by atoms with Gasteiger partial charge in [0.2, 0.25) is 5.78 Å². The van der Waals surface area contributed by atoms with Crippen molar-refractivity contribution in [3.8, 4) is 5.75 Å². The summed E-state index contributed by atoms with van der Waals surface area (Å²) in [6.07, 6.45) is 1.49. The van der Waals surface area contributed by atoms with Gasteiger partial charge >= 0.3 is 0 Å². The zero-order valence-electron chi connectivity index (χ0n) is 9.19. The van der Waals surface area contributed by atoms with Crippen LogP contribution in [-0.4, -0.2) is 12.9 Å². The maximum Gasteiger partial charge on any atom is 0.228 e. The lowest BCUT2D eigenvalue weighted by atomic mass is 10.0. The highest BCUT2D eigenvalue weighted by molar-refractivity contribution is 6.08. The second kappa shape index (κ2) is 4.23. The second-order valence-electron chi connectivity index (χ2n) is 3.49. The smallest absolute Gasteiger partial charge is 0.228 e. The van der Waals surface area contributed by atoms with E-state index in [0.29, 0.717) is 11.3 Å². The minimum atomic E-state index is -0.106. The molecular formula is C13H12O3. The third-order valence-electron chi connectivity index (χ3n) is 2.42. The number of benzene rings is 1. The van der Waals surface area contributed by atoms with E-state index in [1.807, 2.05) is 13.0 Å². The van der Waals surface area contributed by atoms with E-state index in [1.165, 1.54) is 6.26 Å². The van der Waals surface area contributed by atoms with Crippen LogP contribution >= 0.6 is 0 Å². The Hall–Kier alpha value is -2.03. The van der Waals surface area contributed by atoms with Crippen molar-refractivity contribution in [3.05, 3.63) is 53.5 Å². The summed E-state index contributed by atoms with van der Waals surface area (Å²) in [4.78, 5) is 12.0. The Morgan fingerprint density at radius 3 is 2.69 bits per heavy atom. The van der Waals surface area contributed by atoms with Gasteiger partial charge in [0.25, 0.3) is 0 Å². The lowest BCUT2D eigenvalue weighted by Crippen LogP contribution is -2.02. The van der Waals surface area contributed by atoms with Crippen molar-refractivity contribution in [2.24, 2.45) is 0 Å². The van der Waals surface area contributed by atoms with Gasteiger partial charge in [-0.1, -0.05) is 0 Å². The fourth-order valence-electron chi connectivity index (χ4n) is 1.56. The zero-order valence-corrected chi connectivity index (χ0v) is 9.19. The van der Waals surface area contributed by atoms with Crippen LogP contribution in [0.2, 0.25) is 0 Å². The molecule has 3 nitrogen and oxygen atoms in total. The summed E-state index contributed by atoms with van der Waals surface area (Å²) in [5, 5.41) is 0. The van der Waals surface area contributed by atoms with Crippen LogP contribution in [0.15, 0.2) is 41.0 Å². The highest BCUT2D eigenvalue weighted by Gasteiger charge is 2.14. The summed E-state index contributed by atoms with van der Waals surface area (Å²) >= 11 is 0. The Labute approximate surface area is 93.7 Å². The van der Waals surface area contributed by atoms with Crippen molar-refractivity contribution in [3.63, 3.8) is 0 Å². The van der Waals surface area contributed by atoms with Gasteiger partial charge in [-0.2, -0.15) is 0 Å². The van der Waals surface area contributed by atoms with Gasteiger partial charge in [-0.05, 0) is 42.8 Å². The minimum absolute atomic E-state index is 0.106. The molecule has 0 bridgehead atoms. The average molecular weight is 216 g/mol. The van der Waals surface area contributed by atoms with Crippen LogP contribution in [0, 0.1) is 6.92 Å². The van der Waals surface area contributed by atoms with Crippen LogP contribution in [0.1, 0.15) is 21.7 Å². The average Bonchev–Trinajstić information content (AvgIpc) is 2.81. The molecule has 0 fully saturated rings. The number of hydrogen-bond donors (Lipinski definition) is 0. The Morgan fingerprint density at radius 2 is 2.12 bits per heavy atom. The fourth-order valence-corrected chi connectivity index (χ4v) is 1.56. The lowest BCUT2D eigenvalue weighted by molar-refractivity contribution is 0.101. The molecule has 0 N–H and O–H groups in total. The molecule has 0 aliphatic heterocycles. The van der Waals surface area contributed by atoms with Crippen molar-refractivity contribution in [2.75, 3.05) is 7.11 Å². The molecule has 0 radical (unpaired) electrons. The third-order valence-corrected chi connectivity index (χ3v) is 2.42. The molecule has 1 heterocycles. The van der Waals surface area contributed by atoms with Gasteiger partial charge in [-0.3, -0.25) is 4.79 Å². The molecule has 2 aromatic rings. The Bertz CT molecular complexity index is 498. The molecule has 0 amide bonds. The highest BCUT2D eigenvalue weighted by atomic mass is 16.5. The molecule has 1 aromatic carbocycles. The van der Waals surface area contributed by atoms with E-state index in [4.69, 9.17) is 9.15 Å². The second-order valence-corrected chi connectivity index (χ2v) is 3.49. The SMILES string of the molecule is COc1ccc(C(=O)c2ccco2)c(C)c1. The number of hydrogen-bond acceptors (Lipinski definition) is 3. The third kappa shape index (κ3) is 1.84. The predicted molar refractivity (Wildman–Crippen MR) is 59.9 cm³/mol. The normalized spacial score (nSPS) is 10.1. The van der Waals surface area contributed by atoms with Crippen LogP contribution in [0.4, 0.5) is 0 Å². The quantitative estimate of drug-likeness (QED) is 0.740. The molecule has 0 unspecified atom stereocenters. The first-order valence-electron chi connectivity index (χ1n) is 4.95. The number of ketones is 1. The Balaban J connectivity index is 2.38. The van der Waals surface area contributed by atoms with Crippen LogP contribution < -0.4 is 4.74 Å². The number of rotatable bonds is 3. The molecule has 3 heteroatoms. The predicted octanol–water partition coefficient (Wildman–Crippen LogP) is 2.83. The molecule has 2 rings (SSSR count). The molecule has 0 aliphatic carbocycles. The van der Waals surface area contributed by atoms with Crippen LogP contribution in [0.3, 0.4) is 0 Å². The molecular weight excluding hydrogens is 204 g/mol. The summed E-state index contributed by atoms with van der Waals surface area (Å²) < 4.78 is 10.2. The number of furan rings is 1. The Morgan fingerprint density at radius 1 is 1.31 bits per heavy atom. The molecule has 0 spiro atoms. The fraction of sp³-hybridized carbons (Fsp3) is 0.154. The van der Waals surface area contributed by atoms with E-state index in [-0.39, 0.29) is 5.78 Å². The molecule has 0 atom stereocenters. The molecule has 0 saturated carbocycles. The monoisotopic (exact) mass is 216 g/mol. The highest BCUT2D eigenvalue weighted by Crippen LogP contribution is 2.19. The minimum Gasteiger partial charge on any atom is -0.497 e. The van der Waals surface area contributed by atoms with Crippen LogP contribution in [0.5, 0.6) is 5.75 Å². The van der Waals surface area contributed by atoms with Crippen molar-refractivity contribution in [2.45, 2.75) is 6.92 Å². The van der Waals surface area contributed by atoms with Gasteiger partial charge in [0.15, 0.2) is 5.76 Å². The molecule has 82 valence electrons. The van der Waals surface area contributed by atoms with Gasteiger partial charge in [-0.25, -0.2) is 0 Å². The van der Waals surface area contributed by atoms with E-state index in [0.717, 1.165) is 11.3 Å². The van der Waals surface area contributed by atoms with E-state index < -0.39 is 0 Å². The summed E-state index contributed by atoms with van der Waals surface area (Å²) in [6.45, 7) is 1.87. The first-order chi connectivity index (χ1) is 7.72. The van der Waals surface area contributed by atoms with Crippen molar-refractivity contribution in [1.29, 1.82) is 0 Å². The lowest BCUT2D eigenvalue weighted by Gasteiger charge is -2.05. The maximum absolute atomic E-state index is 12.0. The van der Waals surface area contributed by atoms with Gasteiger partial charge in [0.05, 0.1) is 13.4 Å². The van der Waals surface area contributed by atoms with Crippen LogP contribution in [0.25, 0.3) is 0 Å². The zero-order chi connectivity index (χ0) is 11.5. The maximum atomic E-state index is 12.0. The number of aryl methyl sites for hydroxylation is 1. The number of carbonyl (C=O) groups excluding carboxylic acids is 1. The van der Waals surface area contributed by atoms with Gasteiger partial charge < -0.3 is 9.15 Å². The van der Waals surface area contributed by atoms with Gasteiger partial charge in [0, 0.05) is 5.56 Å². The molecule has 0 saturated heterocycles. The molecule has 1 aromatic heterocycles. The topological polar surface area (TPSA) is 39.4 Å². The van der Waals surface area contributed by atoms with Crippen molar-refractivity contribution < 1.29 is 13.9 Å². The summed E-state index contributed by atoms with van der Waals surface area (Å²) in [7, 11) is 1.60.